The Bertz CT molecular complexity index is 969. The molecule has 1 aliphatic heterocycles. The summed E-state index contributed by atoms with van der Waals surface area (Å²) in [6, 6.07) is 7.42. The summed E-state index contributed by atoms with van der Waals surface area (Å²) in [6.07, 6.45) is 0.648. The number of carbonyl (C=O) groups is 3. The third-order valence-electron chi connectivity index (χ3n) is 5.84. The van der Waals surface area contributed by atoms with Gasteiger partial charge in [-0.05, 0) is 33.7 Å². The van der Waals surface area contributed by atoms with Gasteiger partial charge in [0.25, 0.3) is 0 Å². The average molecular weight is 475 g/mol. The molecule has 0 saturated carbocycles. The summed E-state index contributed by atoms with van der Waals surface area (Å²) >= 11 is 1.09. The van der Waals surface area contributed by atoms with E-state index < -0.39 is 24.2 Å². The van der Waals surface area contributed by atoms with Gasteiger partial charge in [-0.25, -0.2) is 0 Å². The lowest BCUT2D eigenvalue weighted by atomic mass is 10.1. The first-order chi connectivity index (χ1) is 15.9. The highest BCUT2D eigenvalue weighted by Crippen LogP contribution is 2.30. The zero-order valence-electron chi connectivity index (χ0n) is 19.2. The minimum absolute atomic E-state index is 0.303. The topological polar surface area (TPSA) is 126 Å². The number of likely N-dealkylation sites (N-methyl/N-ethyl adjacent to an activating group) is 1. The van der Waals surface area contributed by atoms with Gasteiger partial charge in [0.2, 0.25) is 17.7 Å². The summed E-state index contributed by atoms with van der Waals surface area (Å²) in [4.78, 5) is 40.5. The summed E-state index contributed by atoms with van der Waals surface area (Å²) < 4.78 is 9.33. The molecule has 2 heterocycles. The van der Waals surface area contributed by atoms with Crippen LogP contribution in [0.15, 0.2) is 30.3 Å². The smallest absolute Gasteiger partial charge is 0.248 e. The quantitative estimate of drug-likeness (QED) is 0.500. The zero-order chi connectivity index (χ0) is 24.0. The van der Waals surface area contributed by atoms with Gasteiger partial charge in [-0.1, -0.05) is 34.8 Å². The molecule has 1 fully saturated rings. The molecule has 1 aromatic heterocycles. The highest BCUT2D eigenvalue weighted by atomic mass is 32.1. The van der Waals surface area contributed by atoms with E-state index in [4.69, 9.17) is 4.74 Å². The molecular formula is C22H30N6O4S. The van der Waals surface area contributed by atoms with Crippen LogP contribution in [0, 0.1) is 0 Å². The normalized spacial score (nSPS) is 18.4. The molecule has 3 N–H and O–H groups in total. The molecule has 33 heavy (non-hydrogen) atoms. The Hall–Kier alpha value is -2.89. The molecule has 0 unspecified atom stereocenters. The molecule has 0 aliphatic carbocycles. The number of carbonyl (C=O) groups excluding carboxylic acids is 3. The van der Waals surface area contributed by atoms with Gasteiger partial charge in [0.05, 0.1) is 12.1 Å². The van der Waals surface area contributed by atoms with Crippen molar-refractivity contribution < 1.29 is 19.1 Å². The molecule has 0 bridgehead atoms. The number of amides is 3. The predicted molar refractivity (Wildman–Crippen MR) is 126 cm³/mol. The molecule has 10 nitrogen and oxygen atoms in total. The van der Waals surface area contributed by atoms with Crippen molar-refractivity contribution in [2.75, 3.05) is 26.0 Å². The lowest BCUT2D eigenvalue weighted by molar-refractivity contribution is -0.143. The molecule has 4 atom stereocenters. The van der Waals surface area contributed by atoms with Gasteiger partial charge < -0.3 is 25.6 Å². The van der Waals surface area contributed by atoms with Crippen LogP contribution in [0.2, 0.25) is 0 Å². The van der Waals surface area contributed by atoms with E-state index in [2.05, 4.69) is 25.5 Å². The van der Waals surface area contributed by atoms with E-state index >= 15 is 0 Å². The number of anilines is 1. The Kier molecular flexibility index (Phi) is 8.48. The number of likely N-dealkylation sites (tertiary alicyclic amines) is 1. The van der Waals surface area contributed by atoms with Gasteiger partial charge in [-0.15, -0.1) is 5.10 Å². The van der Waals surface area contributed by atoms with Gasteiger partial charge >= 0.3 is 0 Å². The molecule has 2 aromatic rings. The number of hydrogen-bond donors (Lipinski definition) is 3. The second kappa shape index (κ2) is 11.3. The van der Waals surface area contributed by atoms with Gasteiger partial charge in [0, 0.05) is 30.8 Å². The van der Waals surface area contributed by atoms with Crippen LogP contribution in [0.1, 0.15) is 26.7 Å². The summed E-state index contributed by atoms with van der Waals surface area (Å²) in [5.41, 5.74) is 1.43. The van der Waals surface area contributed by atoms with E-state index in [1.807, 2.05) is 30.3 Å². The third-order valence-corrected chi connectivity index (χ3v) is 6.48. The van der Waals surface area contributed by atoms with E-state index in [0.717, 1.165) is 17.1 Å². The maximum absolute atomic E-state index is 13.4. The molecule has 1 saturated heterocycles. The minimum Gasteiger partial charge on any atom is -0.379 e. The fraction of sp³-hybridized carbons (Fsp3) is 0.500. The van der Waals surface area contributed by atoms with Crippen molar-refractivity contribution in [2.45, 2.75) is 50.9 Å². The lowest BCUT2D eigenvalue weighted by Crippen LogP contribution is -2.58. The first-order valence-electron chi connectivity index (χ1n) is 10.9. The highest BCUT2D eigenvalue weighted by molar-refractivity contribution is 7.10. The van der Waals surface area contributed by atoms with Crippen LogP contribution < -0.4 is 16.0 Å². The van der Waals surface area contributed by atoms with Crippen LogP contribution in [0.5, 0.6) is 0 Å². The second-order valence-electron chi connectivity index (χ2n) is 7.93. The number of benzene rings is 1. The fourth-order valence-corrected chi connectivity index (χ4v) is 4.26. The van der Waals surface area contributed by atoms with Crippen molar-refractivity contribution in [3.8, 4) is 11.3 Å². The summed E-state index contributed by atoms with van der Waals surface area (Å²) in [7, 11) is 3.15. The van der Waals surface area contributed by atoms with E-state index in [9.17, 15) is 14.4 Å². The number of hydrogen-bond acceptors (Lipinski definition) is 8. The first kappa shape index (κ1) is 24.7. The molecule has 1 aliphatic rings. The summed E-state index contributed by atoms with van der Waals surface area (Å²) in [6.45, 7) is 3.84. The Balaban J connectivity index is 1.75. The van der Waals surface area contributed by atoms with Crippen LogP contribution in [0.3, 0.4) is 0 Å². The minimum atomic E-state index is -0.906. The summed E-state index contributed by atoms with van der Waals surface area (Å²) in [5.74, 6) is -0.963. The Labute approximate surface area is 197 Å². The molecule has 3 amide bonds. The monoisotopic (exact) mass is 474 g/mol. The van der Waals surface area contributed by atoms with Crippen LogP contribution in [0.25, 0.3) is 11.3 Å². The average Bonchev–Trinajstić information content (AvgIpc) is 3.51. The van der Waals surface area contributed by atoms with E-state index in [1.54, 1.807) is 20.9 Å². The van der Waals surface area contributed by atoms with Crippen molar-refractivity contribution in [3.63, 3.8) is 0 Å². The van der Waals surface area contributed by atoms with Crippen LogP contribution in [0.4, 0.5) is 5.00 Å². The van der Waals surface area contributed by atoms with E-state index in [0.29, 0.717) is 30.1 Å². The van der Waals surface area contributed by atoms with Crippen LogP contribution in [-0.4, -0.2) is 77.1 Å². The van der Waals surface area contributed by atoms with Crippen molar-refractivity contribution in [1.82, 2.24) is 25.1 Å². The fourth-order valence-electron chi connectivity index (χ4n) is 3.66. The van der Waals surface area contributed by atoms with Gasteiger partial charge in [0.15, 0.2) is 0 Å². The summed E-state index contributed by atoms with van der Waals surface area (Å²) in [5, 5.41) is 13.2. The molecule has 1 aromatic carbocycles. The Morgan fingerprint density at radius 1 is 1.21 bits per heavy atom. The molecule has 178 valence electrons. The third kappa shape index (κ3) is 5.73. The first-order valence-corrected chi connectivity index (χ1v) is 11.6. The van der Waals surface area contributed by atoms with E-state index in [-0.39, 0.29) is 17.7 Å². The maximum Gasteiger partial charge on any atom is 0.248 e. The standard InChI is InChI=1S/C22H30N6O4S/c1-13(23-3)19(29)24-17(14(2)32-4)22(31)28-12-8-11-16(28)20(30)25-21-18(26-27-33-21)15-9-6-5-7-10-15/h5-7,9-10,13-14,16-17,23H,8,11-12H2,1-4H3,(H,24,29)(H,25,30)/t13-,14+,16-,17-/m0/s1. The van der Waals surface area contributed by atoms with Crippen molar-refractivity contribution in [1.29, 1.82) is 0 Å². The largest absolute Gasteiger partial charge is 0.379 e. The van der Waals surface area contributed by atoms with Crippen molar-refractivity contribution in [3.05, 3.63) is 30.3 Å². The number of ether oxygens (including phenoxy) is 1. The molecule has 0 spiro atoms. The number of aromatic nitrogens is 2. The number of rotatable bonds is 9. The van der Waals surface area contributed by atoms with Crippen LogP contribution >= 0.6 is 11.5 Å². The highest BCUT2D eigenvalue weighted by Gasteiger charge is 2.40. The van der Waals surface area contributed by atoms with Crippen molar-refractivity contribution >= 4 is 34.3 Å². The van der Waals surface area contributed by atoms with Gasteiger partial charge in [-0.3, -0.25) is 14.4 Å². The number of nitrogens with zero attached hydrogens (tertiary/aromatic N) is 3. The molecular weight excluding hydrogens is 444 g/mol. The van der Waals surface area contributed by atoms with E-state index in [1.165, 1.54) is 12.0 Å². The number of methoxy groups -OCH3 is 1. The van der Waals surface area contributed by atoms with Gasteiger partial charge in [-0.2, -0.15) is 0 Å². The van der Waals surface area contributed by atoms with Gasteiger partial charge in [0.1, 0.15) is 22.8 Å². The van der Waals surface area contributed by atoms with Crippen LogP contribution in [-0.2, 0) is 19.1 Å². The maximum atomic E-state index is 13.4. The molecule has 11 heteroatoms. The molecule has 3 rings (SSSR count). The molecule has 0 radical (unpaired) electrons. The number of nitrogens with one attached hydrogen (secondary N) is 3. The lowest BCUT2D eigenvalue weighted by Gasteiger charge is -2.31. The second-order valence-corrected chi connectivity index (χ2v) is 8.69. The predicted octanol–water partition coefficient (Wildman–Crippen LogP) is 1.26. The Morgan fingerprint density at radius 3 is 2.61 bits per heavy atom. The SMILES string of the molecule is CN[C@@H](C)C(=O)N[C@H](C(=O)N1CCC[C@H]1C(=O)Nc1snnc1-c1ccccc1)[C@@H](C)OC. The zero-order valence-corrected chi connectivity index (χ0v) is 20.0. The Morgan fingerprint density at radius 2 is 1.94 bits per heavy atom. The van der Waals surface area contributed by atoms with Crippen molar-refractivity contribution in [2.24, 2.45) is 0 Å².